The summed E-state index contributed by atoms with van der Waals surface area (Å²) in [6.45, 7) is 3.95. The number of piperidine rings is 1. The minimum atomic E-state index is 0.334. The standard InChI is InChI=1S/C12H19ClN4/c13-12-15-6-2-11(16-12)9-17-7-3-10(1-5-14)4-8-17/h2,6,10H,1,3-5,7-9,14H2. The lowest BCUT2D eigenvalue weighted by molar-refractivity contribution is 0.172. The highest BCUT2D eigenvalue weighted by Gasteiger charge is 2.18. The van der Waals surface area contributed by atoms with Gasteiger partial charge in [0, 0.05) is 12.7 Å². The highest BCUT2D eigenvalue weighted by atomic mass is 35.5. The summed E-state index contributed by atoms with van der Waals surface area (Å²) in [4.78, 5) is 10.5. The summed E-state index contributed by atoms with van der Waals surface area (Å²) in [7, 11) is 0. The highest BCUT2D eigenvalue weighted by molar-refractivity contribution is 6.28. The van der Waals surface area contributed by atoms with Crippen LogP contribution < -0.4 is 5.73 Å². The lowest BCUT2D eigenvalue weighted by Crippen LogP contribution is -2.34. The Hall–Kier alpha value is -0.710. The molecule has 0 saturated carbocycles. The van der Waals surface area contributed by atoms with Crippen molar-refractivity contribution in [3.8, 4) is 0 Å². The molecule has 0 aliphatic carbocycles. The van der Waals surface area contributed by atoms with Crippen molar-refractivity contribution in [3.63, 3.8) is 0 Å². The molecule has 0 bridgehead atoms. The van der Waals surface area contributed by atoms with Crippen molar-refractivity contribution in [2.45, 2.75) is 25.8 Å². The van der Waals surface area contributed by atoms with E-state index in [4.69, 9.17) is 17.3 Å². The number of halogens is 1. The van der Waals surface area contributed by atoms with Gasteiger partial charge in [-0.3, -0.25) is 4.90 Å². The molecule has 1 fully saturated rings. The third-order valence-corrected chi connectivity index (χ3v) is 3.53. The average Bonchev–Trinajstić information content (AvgIpc) is 2.32. The molecule has 5 heteroatoms. The molecular formula is C12H19ClN4. The molecule has 0 amide bonds. The molecule has 1 saturated heterocycles. The second-order valence-corrected chi connectivity index (χ2v) is 4.95. The van der Waals surface area contributed by atoms with E-state index in [-0.39, 0.29) is 0 Å². The van der Waals surface area contributed by atoms with Crippen LogP contribution in [0.4, 0.5) is 0 Å². The van der Waals surface area contributed by atoms with E-state index in [1.54, 1.807) is 6.20 Å². The van der Waals surface area contributed by atoms with Crippen LogP contribution in [0, 0.1) is 5.92 Å². The van der Waals surface area contributed by atoms with E-state index in [2.05, 4.69) is 14.9 Å². The molecule has 1 aromatic rings. The quantitative estimate of drug-likeness (QED) is 0.831. The lowest BCUT2D eigenvalue weighted by atomic mass is 9.93. The molecule has 94 valence electrons. The first kappa shape index (κ1) is 12.7. The molecule has 17 heavy (non-hydrogen) atoms. The van der Waals surface area contributed by atoms with Gasteiger partial charge in [0.2, 0.25) is 5.28 Å². The van der Waals surface area contributed by atoms with Crippen LogP contribution >= 0.6 is 11.6 Å². The van der Waals surface area contributed by atoms with E-state index in [1.165, 1.54) is 12.8 Å². The predicted octanol–water partition coefficient (Wildman–Crippen LogP) is 1.69. The first-order valence-electron chi connectivity index (χ1n) is 6.18. The minimum absolute atomic E-state index is 0.334. The average molecular weight is 255 g/mol. The van der Waals surface area contributed by atoms with Gasteiger partial charge in [-0.2, -0.15) is 0 Å². The van der Waals surface area contributed by atoms with E-state index < -0.39 is 0 Å². The van der Waals surface area contributed by atoms with Crippen molar-refractivity contribution < 1.29 is 0 Å². The molecule has 1 aliphatic rings. The van der Waals surface area contributed by atoms with E-state index in [9.17, 15) is 0 Å². The summed E-state index contributed by atoms with van der Waals surface area (Å²) in [5.41, 5.74) is 6.59. The van der Waals surface area contributed by atoms with Crippen LogP contribution in [-0.2, 0) is 6.54 Å². The highest BCUT2D eigenvalue weighted by Crippen LogP contribution is 2.20. The molecule has 1 aromatic heterocycles. The van der Waals surface area contributed by atoms with Crippen LogP contribution in [0.15, 0.2) is 12.3 Å². The number of nitrogens with two attached hydrogens (primary N) is 1. The number of likely N-dealkylation sites (tertiary alicyclic amines) is 1. The molecule has 0 radical (unpaired) electrons. The Balaban J connectivity index is 1.82. The Morgan fingerprint density at radius 3 is 2.82 bits per heavy atom. The van der Waals surface area contributed by atoms with Crippen LogP contribution in [0.2, 0.25) is 5.28 Å². The van der Waals surface area contributed by atoms with E-state index >= 15 is 0 Å². The Morgan fingerprint density at radius 1 is 1.41 bits per heavy atom. The Labute approximate surface area is 107 Å². The SMILES string of the molecule is NCCC1CCN(Cc2ccnc(Cl)n2)CC1. The van der Waals surface area contributed by atoms with Gasteiger partial charge in [0.15, 0.2) is 0 Å². The van der Waals surface area contributed by atoms with Gasteiger partial charge in [-0.25, -0.2) is 9.97 Å². The maximum Gasteiger partial charge on any atom is 0.222 e. The monoisotopic (exact) mass is 254 g/mol. The zero-order valence-corrected chi connectivity index (χ0v) is 10.7. The van der Waals surface area contributed by atoms with Gasteiger partial charge in [-0.15, -0.1) is 0 Å². The topological polar surface area (TPSA) is 55.0 Å². The van der Waals surface area contributed by atoms with Crippen LogP contribution in [0.25, 0.3) is 0 Å². The normalized spacial score (nSPS) is 18.5. The van der Waals surface area contributed by atoms with Crippen LogP contribution in [0.1, 0.15) is 25.0 Å². The van der Waals surface area contributed by atoms with Gasteiger partial charge in [0.25, 0.3) is 0 Å². The van der Waals surface area contributed by atoms with Gasteiger partial charge in [0.1, 0.15) is 0 Å². The molecule has 0 atom stereocenters. The van der Waals surface area contributed by atoms with Gasteiger partial charge < -0.3 is 5.73 Å². The minimum Gasteiger partial charge on any atom is -0.330 e. The van der Waals surface area contributed by atoms with Crippen molar-refractivity contribution in [3.05, 3.63) is 23.2 Å². The number of rotatable bonds is 4. The summed E-state index contributed by atoms with van der Waals surface area (Å²) in [6, 6.07) is 1.93. The maximum absolute atomic E-state index is 5.77. The molecule has 4 nitrogen and oxygen atoms in total. The molecular weight excluding hydrogens is 236 g/mol. The fourth-order valence-electron chi connectivity index (χ4n) is 2.36. The molecule has 0 unspecified atom stereocenters. The van der Waals surface area contributed by atoms with Crippen molar-refractivity contribution in [2.75, 3.05) is 19.6 Å². The van der Waals surface area contributed by atoms with Gasteiger partial charge in [-0.05, 0) is 62.5 Å². The first-order chi connectivity index (χ1) is 8.28. The smallest absolute Gasteiger partial charge is 0.222 e. The van der Waals surface area contributed by atoms with Crippen molar-refractivity contribution in [1.82, 2.24) is 14.9 Å². The molecule has 0 spiro atoms. The summed E-state index contributed by atoms with van der Waals surface area (Å²) >= 11 is 5.77. The molecule has 1 aliphatic heterocycles. The number of nitrogens with zero attached hydrogens (tertiary/aromatic N) is 3. The molecule has 0 aromatic carbocycles. The summed E-state index contributed by atoms with van der Waals surface area (Å²) in [6.07, 6.45) is 5.37. The summed E-state index contributed by atoms with van der Waals surface area (Å²) in [5, 5.41) is 0.334. The lowest BCUT2D eigenvalue weighted by Gasteiger charge is -2.31. The maximum atomic E-state index is 5.77. The largest absolute Gasteiger partial charge is 0.330 e. The predicted molar refractivity (Wildman–Crippen MR) is 68.7 cm³/mol. The number of aromatic nitrogens is 2. The first-order valence-corrected chi connectivity index (χ1v) is 6.55. The fourth-order valence-corrected chi connectivity index (χ4v) is 2.52. The Kier molecular flexibility index (Phi) is 4.71. The summed E-state index contributed by atoms with van der Waals surface area (Å²) in [5.74, 6) is 0.810. The second-order valence-electron chi connectivity index (χ2n) is 4.61. The third-order valence-electron chi connectivity index (χ3n) is 3.35. The van der Waals surface area contributed by atoms with Gasteiger partial charge in [0.05, 0.1) is 5.69 Å². The van der Waals surface area contributed by atoms with Crippen LogP contribution in [0.3, 0.4) is 0 Å². The van der Waals surface area contributed by atoms with Crippen LogP contribution in [0.5, 0.6) is 0 Å². The fraction of sp³-hybridized carbons (Fsp3) is 0.667. The number of hydrogen-bond acceptors (Lipinski definition) is 4. The third kappa shape index (κ3) is 3.91. The van der Waals surface area contributed by atoms with Crippen molar-refractivity contribution >= 4 is 11.6 Å². The van der Waals surface area contributed by atoms with E-state index in [1.807, 2.05) is 6.07 Å². The van der Waals surface area contributed by atoms with E-state index in [0.29, 0.717) is 5.28 Å². The molecule has 2 N–H and O–H groups in total. The zero-order chi connectivity index (χ0) is 12.1. The van der Waals surface area contributed by atoms with Crippen molar-refractivity contribution in [2.24, 2.45) is 11.7 Å². The van der Waals surface area contributed by atoms with Crippen molar-refractivity contribution in [1.29, 1.82) is 0 Å². The number of hydrogen-bond donors (Lipinski definition) is 1. The van der Waals surface area contributed by atoms with Gasteiger partial charge >= 0.3 is 0 Å². The Morgan fingerprint density at radius 2 is 2.18 bits per heavy atom. The van der Waals surface area contributed by atoms with E-state index in [0.717, 1.165) is 44.2 Å². The Bertz CT molecular complexity index is 350. The molecule has 2 rings (SSSR count). The van der Waals surface area contributed by atoms with Crippen LogP contribution in [-0.4, -0.2) is 34.5 Å². The van der Waals surface area contributed by atoms with Gasteiger partial charge in [-0.1, -0.05) is 0 Å². The summed E-state index contributed by atoms with van der Waals surface area (Å²) < 4.78 is 0. The second kappa shape index (κ2) is 6.28. The molecule has 2 heterocycles. The zero-order valence-electron chi connectivity index (χ0n) is 9.98.